The molecule has 0 radical (unpaired) electrons. The Morgan fingerprint density at radius 1 is 0.929 bits per heavy atom. The molecular formula is C22H22FNO3S. The third kappa shape index (κ3) is 4.17. The lowest BCUT2D eigenvalue weighted by atomic mass is 10.2. The normalized spacial score (nSPS) is 11.3. The summed E-state index contributed by atoms with van der Waals surface area (Å²) in [6.07, 6.45) is 0. The van der Waals surface area contributed by atoms with Gasteiger partial charge in [-0.3, -0.25) is 4.31 Å². The Bertz CT molecular complexity index is 1060. The molecule has 3 rings (SSSR count). The quantitative estimate of drug-likeness (QED) is 0.595. The first-order chi connectivity index (χ1) is 13.3. The molecule has 6 heteroatoms. The van der Waals surface area contributed by atoms with Crippen molar-refractivity contribution in [3.05, 3.63) is 89.2 Å². The van der Waals surface area contributed by atoms with E-state index in [1.54, 1.807) is 38.3 Å². The molecule has 0 unspecified atom stereocenters. The highest BCUT2D eigenvalue weighted by atomic mass is 32.2. The highest BCUT2D eigenvalue weighted by molar-refractivity contribution is 7.92. The molecule has 0 amide bonds. The molecule has 0 heterocycles. The van der Waals surface area contributed by atoms with Crippen LogP contribution in [0.2, 0.25) is 0 Å². The second-order valence-electron chi connectivity index (χ2n) is 6.61. The molecule has 0 fully saturated rings. The molecule has 0 bridgehead atoms. The van der Waals surface area contributed by atoms with Gasteiger partial charge in [0.15, 0.2) is 0 Å². The third-order valence-electron chi connectivity index (χ3n) is 4.51. The number of halogens is 1. The van der Waals surface area contributed by atoms with Crippen LogP contribution in [0.5, 0.6) is 5.75 Å². The van der Waals surface area contributed by atoms with Crippen LogP contribution in [-0.4, -0.2) is 15.5 Å². The molecule has 28 heavy (non-hydrogen) atoms. The minimum Gasteiger partial charge on any atom is -0.497 e. The van der Waals surface area contributed by atoms with Crippen LogP contribution in [0.3, 0.4) is 0 Å². The first-order valence-corrected chi connectivity index (χ1v) is 10.2. The summed E-state index contributed by atoms with van der Waals surface area (Å²) in [4.78, 5) is 0.0861. The van der Waals surface area contributed by atoms with E-state index in [1.807, 2.05) is 31.2 Å². The van der Waals surface area contributed by atoms with Gasteiger partial charge in [0.1, 0.15) is 11.6 Å². The van der Waals surface area contributed by atoms with Crippen molar-refractivity contribution in [2.45, 2.75) is 25.3 Å². The Morgan fingerprint density at radius 2 is 1.57 bits per heavy atom. The molecule has 3 aromatic rings. The lowest BCUT2D eigenvalue weighted by Gasteiger charge is -2.26. The molecule has 0 saturated heterocycles. The summed E-state index contributed by atoms with van der Waals surface area (Å²) >= 11 is 0. The molecular weight excluding hydrogens is 377 g/mol. The van der Waals surface area contributed by atoms with Crippen molar-refractivity contribution in [2.75, 3.05) is 11.4 Å². The summed E-state index contributed by atoms with van der Waals surface area (Å²) in [7, 11) is -2.31. The number of nitrogens with zero attached hydrogens (tertiary/aromatic N) is 1. The highest BCUT2D eigenvalue weighted by Gasteiger charge is 2.27. The van der Waals surface area contributed by atoms with E-state index in [4.69, 9.17) is 4.74 Å². The Morgan fingerprint density at radius 3 is 2.14 bits per heavy atom. The summed E-state index contributed by atoms with van der Waals surface area (Å²) in [5.74, 6) is 0.233. The second-order valence-corrected chi connectivity index (χ2v) is 8.44. The Hall–Kier alpha value is -2.86. The summed E-state index contributed by atoms with van der Waals surface area (Å²) in [5, 5.41) is 0. The maximum Gasteiger partial charge on any atom is 0.264 e. The number of ether oxygens (including phenoxy) is 1. The number of rotatable bonds is 6. The fourth-order valence-electron chi connectivity index (χ4n) is 2.94. The van der Waals surface area contributed by atoms with E-state index in [0.717, 1.165) is 11.1 Å². The van der Waals surface area contributed by atoms with Gasteiger partial charge in [0, 0.05) is 0 Å². The van der Waals surface area contributed by atoms with Gasteiger partial charge < -0.3 is 4.74 Å². The number of methoxy groups -OCH3 is 1. The predicted molar refractivity (Wildman–Crippen MR) is 109 cm³/mol. The molecule has 4 nitrogen and oxygen atoms in total. The fourth-order valence-corrected chi connectivity index (χ4v) is 4.61. The maximum absolute atomic E-state index is 13.5. The second kappa shape index (κ2) is 8.02. The first kappa shape index (κ1) is 19.9. The highest BCUT2D eigenvalue weighted by Crippen LogP contribution is 2.28. The van der Waals surface area contributed by atoms with Crippen LogP contribution in [0, 0.1) is 19.7 Å². The molecule has 146 valence electrons. The van der Waals surface area contributed by atoms with Crippen LogP contribution in [0.25, 0.3) is 0 Å². The smallest absolute Gasteiger partial charge is 0.264 e. The summed E-state index contributed by atoms with van der Waals surface area (Å²) < 4.78 is 46.9. The molecule has 0 aliphatic rings. The average molecular weight is 399 g/mol. The molecule has 0 N–H and O–H groups in total. The molecule has 0 atom stereocenters. The van der Waals surface area contributed by atoms with E-state index in [0.29, 0.717) is 17.0 Å². The first-order valence-electron chi connectivity index (χ1n) is 8.80. The van der Waals surface area contributed by atoms with Gasteiger partial charge in [-0.15, -0.1) is 0 Å². The van der Waals surface area contributed by atoms with Gasteiger partial charge in [0.2, 0.25) is 0 Å². The lowest BCUT2D eigenvalue weighted by Crippen LogP contribution is -2.31. The van der Waals surface area contributed by atoms with Gasteiger partial charge in [-0.25, -0.2) is 12.8 Å². The van der Waals surface area contributed by atoms with Crippen LogP contribution < -0.4 is 9.04 Å². The lowest BCUT2D eigenvalue weighted by molar-refractivity contribution is 0.414. The Labute approximate surface area is 165 Å². The van der Waals surface area contributed by atoms with Crippen molar-refractivity contribution in [1.29, 1.82) is 0 Å². The summed E-state index contributed by atoms with van der Waals surface area (Å²) in [6.45, 7) is 3.68. The monoisotopic (exact) mass is 399 g/mol. The molecule has 3 aromatic carbocycles. The standard InChI is InChI=1S/C22H22FNO3S/c1-16-4-9-20(10-5-16)24(15-18-6-11-21(27-3)12-7-18)28(25,26)22-13-8-19(23)14-17(22)2/h4-14H,15H2,1-3H3. The predicted octanol–water partition coefficient (Wildman–Crippen LogP) is 4.85. The van der Waals surface area contributed by atoms with Crippen molar-refractivity contribution in [3.63, 3.8) is 0 Å². The van der Waals surface area contributed by atoms with E-state index in [9.17, 15) is 12.8 Å². The van der Waals surface area contributed by atoms with E-state index >= 15 is 0 Å². The van der Waals surface area contributed by atoms with Crippen LogP contribution in [0.4, 0.5) is 10.1 Å². The van der Waals surface area contributed by atoms with E-state index in [2.05, 4.69) is 0 Å². The van der Waals surface area contributed by atoms with Crippen LogP contribution in [-0.2, 0) is 16.6 Å². The number of sulfonamides is 1. The molecule has 0 spiro atoms. The average Bonchev–Trinajstić information content (AvgIpc) is 2.67. The van der Waals surface area contributed by atoms with Crippen molar-refractivity contribution < 1.29 is 17.5 Å². The van der Waals surface area contributed by atoms with Gasteiger partial charge in [-0.1, -0.05) is 29.8 Å². The van der Waals surface area contributed by atoms with Crippen LogP contribution >= 0.6 is 0 Å². The minimum atomic E-state index is -3.89. The number of benzene rings is 3. The molecule has 0 saturated carbocycles. The van der Waals surface area contributed by atoms with Gasteiger partial charge in [0.05, 0.1) is 24.2 Å². The molecule has 0 aromatic heterocycles. The SMILES string of the molecule is COc1ccc(CN(c2ccc(C)cc2)S(=O)(=O)c2ccc(F)cc2C)cc1. The molecule has 0 aliphatic carbocycles. The number of hydrogen-bond donors (Lipinski definition) is 0. The zero-order valence-electron chi connectivity index (χ0n) is 16.0. The number of hydrogen-bond acceptors (Lipinski definition) is 3. The van der Waals surface area contributed by atoms with Gasteiger partial charge >= 0.3 is 0 Å². The fraction of sp³-hybridized carbons (Fsp3) is 0.182. The number of aryl methyl sites for hydroxylation is 2. The third-order valence-corrected chi connectivity index (χ3v) is 6.45. The molecule has 0 aliphatic heterocycles. The van der Waals surface area contributed by atoms with Crippen molar-refractivity contribution in [3.8, 4) is 5.75 Å². The van der Waals surface area contributed by atoms with Crippen molar-refractivity contribution >= 4 is 15.7 Å². The zero-order chi connectivity index (χ0) is 20.3. The maximum atomic E-state index is 13.5. The Kier molecular flexibility index (Phi) is 5.70. The van der Waals surface area contributed by atoms with Crippen LogP contribution in [0.1, 0.15) is 16.7 Å². The Balaban J connectivity index is 2.07. The summed E-state index contributed by atoms with van der Waals surface area (Å²) in [5.41, 5.74) is 2.75. The van der Waals surface area contributed by atoms with Crippen molar-refractivity contribution in [2.24, 2.45) is 0 Å². The van der Waals surface area contributed by atoms with E-state index < -0.39 is 15.8 Å². The zero-order valence-corrected chi connectivity index (χ0v) is 16.8. The largest absolute Gasteiger partial charge is 0.497 e. The van der Waals surface area contributed by atoms with E-state index in [-0.39, 0.29) is 11.4 Å². The van der Waals surface area contributed by atoms with Gasteiger partial charge in [-0.2, -0.15) is 0 Å². The van der Waals surface area contributed by atoms with Gasteiger partial charge in [-0.05, 0) is 67.4 Å². The summed E-state index contributed by atoms with van der Waals surface area (Å²) in [6, 6.07) is 18.2. The minimum absolute atomic E-state index is 0.0861. The van der Waals surface area contributed by atoms with E-state index in [1.165, 1.54) is 22.5 Å². The van der Waals surface area contributed by atoms with Crippen molar-refractivity contribution in [1.82, 2.24) is 0 Å². The van der Waals surface area contributed by atoms with Crippen LogP contribution in [0.15, 0.2) is 71.6 Å². The number of anilines is 1. The topological polar surface area (TPSA) is 46.6 Å². The van der Waals surface area contributed by atoms with Gasteiger partial charge in [0.25, 0.3) is 10.0 Å².